The molecule has 0 aliphatic carbocycles. The van der Waals surface area contributed by atoms with E-state index in [-0.39, 0.29) is 73.5 Å². The fourth-order valence-corrected chi connectivity index (χ4v) is 4.34. The average molecular weight is 501 g/mol. The Hall–Kier alpha value is -0.414. The summed E-state index contributed by atoms with van der Waals surface area (Å²) in [6, 6.07) is 10.7. The molecule has 7 heteroatoms. The normalized spacial score (nSPS) is 11.2. The molecule has 33 heavy (non-hydrogen) atoms. The van der Waals surface area contributed by atoms with Crippen LogP contribution in [-0.4, -0.2) is 13.0 Å². The molecule has 178 valence electrons. The minimum atomic E-state index is -4.32. The first-order chi connectivity index (χ1) is 15.4. The maximum atomic E-state index is 12.7. The van der Waals surface area contributed by atoms with E-state index in [9.17, 15) is 18.1 Å². The molecule has 0 aliphatic rings. The van der Waals surface area contributed by atoms with Crippen molar-refractivity contribution in [3.8, 4) is 17.2 Å². The quantitative estimate of drug-likeness (QED) is 0.213. The van der Waals surface area contributed by atoms with Crippen molar-refractivity contribution in [1.82, 2.24) is 0 Å². The fraction of sp³-hybridized carbons (Fsp3) is 0.538. The molecule has 0 atom stereocenters. The van der Waals surface area contributed by atoms with Crippen molar-refractivity contribution in [2.24, 2.45) is 0 Å². The van der Waals surface area contributed by atoms with Crippen LogP contribution in [0.1, 0.15) is 89.5 Å². The van der Waals surface area contributed by atoms with E-state index < -0.39 is 10.1 Å². The molecular formula is C26H37KO5S. The minimum Gasteiger partial charge on any atom is -0.870 e. The Bertz CT molecular complexity index is 915. The minimum absolute atomic E-state index is 0. The van der Waals surface area contributed by atoms with Crippen LogP contribution in [0.2, 0.25) is 0 Å². The number of rotatable bonds is 16. The number of unbranched alkanes of at least 4 members (excludes halogenated alkanes) is 11. The first-order valence-corrected chi connectivity index (χ1v) is 13.4. The fourth-order valence-electron chi connectivity index (χ4n) is 3.82. The molecule has 0 radical (unpaired) electrons. The third-order valence-electron chi connectivity index (χ3n) is 5.69. The Labute approximate surface area is 242 Å². The monoisotopic (exact) mass is 500 g/mol. The smallest absolute Gasteiger partial charge is 0.870 e. The van der Waals surface area contributed by atoms with Crippen LogP contribution in [0, 0.1) is 0 Å². The molecule has 0 spiro atoms. The van der Waals surface area contributed by atoms with Crippen molar-refractivity contribution in [2.75, 3.05) is 0 Å². The topological polar surface area (TPSA) is 86.7 Å². The van der Waals surface area contributed by atoms with Crippen LogP contribution in [0.15, 0.2) is 47.4 Å². The summed E-state index contributed by atoms with van der Waals surface area (Å²) in [5.74, 6) is 0.182. The van der Waals surface area contributed by atoms with Crippen molar-refractivity contribution in [3.63, 3.8) is 0 Å². The number of hydrogen-bond donors (Lipinski definition) is 1. The first kappa shape index (κ1) is 30.6. The molecule has 2 rings (SSSR count). The first-order valence-electron chi connectivity index (χ1n) is 12.0. The van der Waals surface area contributed by atoms with E-state index >= 15 is 0 Å². The van der Waals surface area contributed by atoms with Crippen molar-refractivity contribution in [1.29, 1.82) is 0 Å². The molecular weight excluding hydrogens is 463 g/mol. The Balaban J connectivity index is 0.00000544. The molecule has 0 unspecified atom stereocenters. The number of aryl methyl sites for hydroxylation is 1. The Morgan fingerprint density at radius 2 is 1.36 bits per heavy atom. The van der Waals surface area contributed by atoms with Gasteiger partial charge in [0, 0.05) is 6.07 Å². The van der Waals surface area contributed by atoms with E-state index in [2.05, 4.69) is 6.92 Å². The summed E-state index contributed by atoms with van der Waals surface area (Å²) >= 11 is 0. The van der Waals surface area contributed by atoms with Crippen LogP contribution in [-0.2, 0) is 16.5 Å². The molecule has 0 fully saturated rings. The summed E-state index contributed by atoms with van der Waals surface area (Å²) < 4.78 is 37.4. The van der Waals surface area contributed by atoms with Gasteiger partial charge in [-0.25, -0.2) is 0 Å². The van der Waals surface area contributed by atoms with Gasteiger partial charge in [-0.1, -0.05) is 107 Å². The number of benzene rings is 2. The second kappa shape index (κ2) is 17.1. The number of hydrogen-bond acceptors (Lipinski definition) is 4. The molecule has 2 aromatic rings. The van der Waals surface area contributed by atoms with Crippen LogP contribution >= 0.6 is 0 Å². The number of para-hydroxylation sites is 1. The molecule has 0 bridgehead atoms. The predicted octanol–water partition coefficient (Wildman–Crippen LogP) is 4.05. The predicted molar refractivity (Wildman–Crippen MR) is 127 cm³/mol. The summed E-state index contributed by atoms with van der Waals surface area (Å²) in [5.41, 5.74) is 0.709. The largest absolute Gasteiger partial charge is 1.00 e. The van der Waals surface area contributed by atoms with Gasteiger partial charge in [0.1, 0.15) is 11.5 Å². The van der Waals surface area contributed by atoms with Gasteiger partial charge in [-0.05, 0) is 31.0 Å². The summed E-state index contributed by atoms with van der Waals surface area (Å²) in [6.45, 7) is 2.25. The third-order valence-corrected chi connectivity index (χ3v) is 6.54. The van der Waals surface area contributed by atoms with Gasteiger partial charge in [-0.15, -0.1) is 0 Å². The molecule has 0 amide bonds. The van der Waals surface area contributed by atoms with Crippen molar-refractivity contribution < 1.29 is 74.2 Å². The molecule has 2 aromatic carbocycles. The molecule has 1 N–H and O–H groups in total. The molecule has 0 heterocycles. The van der Waals surface area contributed by atoms with Crippen LogP contribution < -0.4 is 61.2 Å². The second-order valence-corrected chi connectivity index (χ2v) is 9.86. The van der Waals surface area contributed by atoms with Gasteiger partial charge >= 0.3 is 51.4 Å². The SMILES string of the molecule is CCCCCCCCCCCCCCc1cccc(Oc2cccc(S(=O)(=O)O)c2)c1[O-].[K+]. The molecule has 5 nitrogen and oxygen atoms in total. The zero-order valence-corrected chi connectivity index (χ0v) is 24.2. The van der Waals surface area contributed by atoms with Crippen LogP contribution in [0.4, 0.5) is 0 Å². The van der Waals surface area contributed by atoms with E-state index in [1.807, 2.05) is 6.07 Å². The molecule has 0 aromatic heterocycles. The zero-order chi connectivity index (χ0) is 23.2. The van der Waals surface area contributed by atoms with Crippen molar-refractivity contribution >= 4 is 10.1 Å². The van der Waals surface area contributed by atoms with Crippen molar-refractivity contribution in [3.05, 3.63) is 48.0 Å². The van der Waals surface area contributed by atoms with E-state index in [1.165, 1.54) is 82.4 Å². The Morgan fingerprint density at radius 3 is 1.94 bits per heavy atom. The van der Waals surface area contributed by atoms with Gasteiger partial charge < -0.3 is 9.84 Å². The van der Waals surface area contributed by atoms with Crippen LogP contribution in [0.3, 0.4) is 0 Å². The van der Waals surface area contributed by atoms with Gasteiger partial charge in [0.15, 0.2) is 0 Å². The van der Waals surface area contributed by atoms with Gasteiger partial charge in [-0.3, -0.25) is 4.55 Å². The van der Waals surface area contributed by atoms with Gasteiger partial charge in [-0.2, -0.15) is 8.42 Å². The van der Waals surface area contributed by atoms with E-state index in [0.29, 0.717) is 12.0 Å². The average Bonchev–Trinajstić information content (AvgIpc) is 2.76. The maximum absolute atomic E-state index is 12.7. The van der Waals surface area contributed by atoms with Crippen LogP contribution in [0.5, 0.6) is 17.2 Å². The zero-order valence-electron chi connectivity index (χ0n) is 20.2. The summed E-state index contributed by atoms with van der Waals surface area (Å²) in [4.78, 5) is -0.268. The van der Waals surface area contributed by atoms with Crippen molar-refractivity contribution in [2.45, 2.75) is 95.3 Å². The molecule has 0 saturated carbocycles. The van der Waals surface area contributed by atoms with E-state index in [0.717, 1.165) is 12.8 Å². The van der Waals surface area contributed by atoms with Crippen LogP contribution in [0.25, 0.3) is 0 Å². The number of ether oxygens (including phenoxy) is 1. The summed E-state index contributed by atoms with van der Waals surface area (Å²) in [7, 11) is -4.32. The standard InChI is InChI=1S/C26H38O5S.K/c1-2-3-4-5-6-7-8-9-10-11-12-13-16-22-17-14-20-25(26(22)27)31-23-18-15-19-24(21-23)32(28,29)30;/h14-15,17-21,27H,2-13,16H2,1H3,(H,28,29,30);/q;+1/p-1. The second-order valence-electron chi connectivity index (χ2n) is 8.44. The Morgan fingerprint density at radius 1 is 0.818 bits per heavy atom. The Kier molecular flexibility index (Phi) is 15.9. The summed E-state index contributed by atoms with van der Waals surface area (Å²) in [6.07, 6.45) is 16.0. The maximum Gasteiger partial charge on any atom is 1.00 e. The summed E-state index contributed by atoms with van der Waals surface area (Å²) in [5, 5.41) is 12.7. The van der Waals surface area contributed by atoms with Gasteiger partial charge in [0.25, 0.3) is 10.1 Å². The van der Waals surface area contributed by atoms with Gasteiger partial charge in [0.2, 0.25) is 0 Å². The van der Waals surface area contributed by atoms with E-state index in [1.54, 1.807) is 18.2 Å². The molecule has 0 saturated heterocycles. The van der Waals surface area contributed by atoms with E-state index in [4.69, 9.17) is 4.74 Å². The third kappa shape index (κ3) is 12.2. The molecule has 0 aliphatic heterocycles. The van der Waals surface area contributed by atoms with Gasteiger partial charge in [0.05, 0.1) is 4.90 Å².